The van der Waals surface area contributed by atoms with Crippen LogP contribution in [0.5, 0.6) is 5.75 Å². The van der Waals surface area contributed by atoms with Crippen LogP contribution in [0.3, 0.4) is 0 Å². The van der Waals surface area contributed by atoms with Gasteiger partial charge < -0.3 is 15.2 Å². The third-order valence-corrected chi connectivity index (χ3v) is 3.83. The van der Waals surface area contributed by atoms with Crippen LogP contribution in [0, 0.1) is 0 Å². The van der Waals surface area contributed by atoms with Gasteiger partial charge in [0.1, 0.15) is 5.75 Å². The van der Waals surface area contributed by atoms with Gasteiger partial charge in [-0.1, -0.05) is 41.5 Å². The standard InChI is InChI=1S/C19H29NO4/c1-18(2,3)13-10-12(11-14(16(13)22)19(4,5)6)17(23)20-9-8-15(21)24-7/h10-11,22H,8-9H2,1-7H3,(H,20,23). The maximum atomic E-state index is 12.4. The number of esters is 1. The van der Waals surface area contributed by atoms with Crippen molar-refractivity contribution in [2.75, 3.05) is 13.7 Å². The number of ether oxygens (including phenoxy) is 1. The van der Waals surface area contributed by atoms with Gasteiger partial charge in [0.2, 0.25) is 0 Å². The number of amides is 1. The van der Waals surface area contributed by atoms with Gasteiger partial charge >= 0.3 is 5.97 Å². The minimum atomic E-state index is -0.369. The average Bonchev–Trinajstić information content (AvgIpc) is 2.44. The molecule has 0 spiro atoms. The van der Waals surface area contributed by atoms with E-state index in [-0.39, 0.29) is 41.4 Å². The number of phenolic OH excluding ortho intramolecular Hbond substituents is 1. The summed E-state index contributed by atoms with van der Waals surface area (Å²) >= 11 is 0. The van der Waals surface area contributed by atoms with Crippen molar-refractivity contribution in [2.24, 2.45) is 0 Å². The molecule has 0 heterocycles. The van der Waals surface area contributed by atoms with E-state index >= 15 is 0 Å². The fourth-order valence-corrected chi connectivity index (χ4v) is 2.39. The van der Waals surface area contributed by atoms with E-state index in [9.17, 15) is 14.7 Å². The molecule has 0 saturated heterocycles. The molecule has 0 aliphatic carbocycles. The van der Waals surface area contributed by atoms with E-state index in [1.807, 2.05) is 41.5 Å². The Morgan fingerprint density at radius 3 is 1.88 bits per heavy atom. The Hall–Kier alpha value is -2.04. The smallest absolute Gasteiger partial charge is 0.307 e. The molecular weight excluding hydrogens is 306 g/mol. The van der Waals surface area contributed by atoms with Crippen LogP contribution in [0.15, 0.2) is 12.1 Å². The highest BCUT2D eigenvalue weighted by Crippen LogP contribution is 2.39. The monoisotopic (exact) mass is 335 g/mol. The summed E-state index contributed by atoms with van der Waals surface area (Å²) in [5.41, 5.74) is 1.34. The lowest BCUT2D eigenvalue weighted by atomic mass is 9.78. The molecule has 0 aliphatic rings. The first-order chi connectivity index (χ1) is 10.9. The highest BCUT2D eigenvalue weighted by molar-refractivity contribution is 5.95. The number of rotatable bonds is 4. The Kier molecular flexibility index (Phi) is 6.04. The molecule has 0 unspecified atom stereocenters. The third kappa shape index (κ3) is 4.98. The second kappa shape index (κ2) is 7.24. The molecule has 134 valence electrons. The van der Waals surface area contributed by atoms with Crippen molar-refractivity contribution in [3.8, 4) is 5.75 Å². The number of nitrogens with one attached hydrogen (secondary N) is 1. The molecule has 0 radical (unpaired) electrons. The fraction of sp³-hybridized carbons (Fsp3) is 0.579. The normalized spacial score (nSPS) is 12.0. The summed E-state index contributed by atoms with van der Waals surface area (Å²) in [5, 5.41) is 13.4. The van der Waals surface area contributed by atoms with Crippen molar-refractivity contribution in [1.82, 2.24) is 5.32 Å². The van der Waals surface area contributed by atoms with Crippen LogP contribution in [-0.4, -0.2) is 30.6 Å². The SMILES string of the molecule is COC(=O)CCNC(=O)c1cc(C(C)(C)C)c(O)c(C(C)(C)C)c1. The summed E-state index contributed by atoms with van der Waals surface area (Å²) in [5.74, 6) is -0.400. The van der Waals surface area contributed by atoms with Gasteiger partial charge in [-0.05, 0) is 23.0 Å². The van der Waals surface area contributed by atoms with Gasteiger partial charge in [-0.3, -0.25) is 9.59 Å². The van der Waals surface area contributed by atoms with Gasteiger partial charge in [-0.2, -0.15) is 0 Å². The molecule has 0 saturated carbocycles. The zero-order valence-corrected chi connectivity index (χ0v) is 15.7. The number of hydrogen-bond donors (Lipinski definition) is 2. The largest absolute Gasteiger partial charge is 0.507 e. The number of phenols is 1. The molecule has 0 bridgehead atoms. The van der Waals surface area contributed by atoms with Gasteiger partial charge in [0.25, 0.3) is 5.91 Å². The molecule has 5 heteroatoms. The number of methoxy groups -OCH3 is 1. The molecule has 0 fully saturated rings. The van der Waals surface area contributed by atoms with E-state index < -0.39 is 0 Å². The number of benzene rings is 1. The van der Waals surface area contributed by atoms with Gasteiger partial charge in [0.05, 0.1) is 13.5 Å². The van der Waals surface area contributed by atoms with E-state index in [4.69, 9.17) is 0 Å². The van der Waals surface area contributed by atoms with Gasteiger partial charge in [-0.25, -0.2) is 0 Å². The van der Waals surface area contributed by atoms with Crippen LogP contribution in [0.25, 0.3) is 0 Å². The van der Waals surface area contributed by atoms with Crippen molar-refractivity contribution < 1.29 is 19.4 Å². The fourth-order valence-electron chi connectivity index (χ4n) is 2.39. The van der Waals surface area contributed by atoms with E-state index in [0.717, 1.165) is 11.1 Å². The van der Waals surface area contributed by atoms with Crippen LogP contribution < -0.4 is 5.32 Å². The summed E-state index contributed by atoms with van der Waals surface area (Å²) in [7, 11) is 1.31. The second-order valence-electron chi connectivity index (χ2n) is 8.00. The summed E-state index contributed by atoms with van der Waals surface area (Å²) in [6.07, 6.45) is 0.124. The third-order valence-electron chi connectivity index (χ3n) is 3.83. The number of hydrogen-bond acceptors (Lipinski definition) is 4. The maximum Gasteiger partial charge on any atom is 0.307 e. The van der Waals surface area contributed by atoms with Crippen LogP contribution in [0.2, 0.25) is 0 Å². The molecule has 24 heavy (non-hydrogen) atoms. The minimum Gasteiger partial charge on any atom is -0.507 e. The Morgan fingerprint density at radius 1 is 1.04 bits per heavy atom. The van der Waals surface area contributed by atoms with E-state index in [1.54, 1.807) is 12.1 Å². The topological polar surface area (TPSA) is 75.6 Å². The Labute approximate surface area is 144 Å². The highest BCUT2D eigenvalue weighted by Gasteiger charge is 2.27. The van der Waals surface area contributed by atoms with Crippen molar-refractivity contribution in [3.05, 3.63) is 28.8 Å². The maximum absolute atomic E-state index is 12.4. The molecule has 0 aromatic heterocycles. The first-order valence-corrected chi connectivity index (χ1v) is 8.11. The highest BCUT2D eigenvalue weighted by atomic mass is 16.5. The minimum absolute atomic E-state index is 0.124. The summed E-state index contributed by atoms with van der Waals surface area (Å²) < 4.78 is 4.56. The van der Waals surface area contributed by atoms with Crippen LogP contribution in [0.4, 0.5) is 0 Å². The molecule has 1 rings (SSSR count). The predicted octanol–water partition coefficient (Wildman–Crippen LogP) is 3.28. The molecule has 0 atom stereocenters. The second-order valence-corrected chi connectivity index (χ2v) is 8.00. The van der Waals surface area contributed by atoms with Crippen LogP contribution in [-0.2, 0) is 20.4 Å². The van der Waals surface area contributed by atoms with Crippen molar-refractivity contribution in [1.29, 1.82) is 0 Å². The Bertz CT molecular complexity index is 586. The van der Waals surface area contributed by atoms with Gasteiger partial charge in [-0.15, -0.1) is 0 Å². The zero-order chi connectivity index (χ0) is 18.7. The quantitative estimate of drug-likeness (QED) is 0.828. The molecule has 0 aliphatic heterocycles. The number of aromatic hydroxyl groups is 1. The summed E-state index contributed by atoms with van der Waals surface area (Å²) in [6, 6.07) is 3.44. The lowest BCUT2D eigenvalue weighted by Gasteiger charge is -2.28. The predicted molar refractivity (Wildman–Crippen MR) is 94.5 cm³/mol. The van der Waals surface area contributed by atoms with Crippen molar-refractivity contribution in [2.45, 2.75) is 58.8 Å². The van der Waals surface area contributed by atoms with E-state index in [0.29, 0.717) is 5.56 Å². The number of carbonyl (C=O) groups excluding carboxylic acids is 2. The summed E-state index contributed by atoms with van der Waals surface area (Å²) in [4.78, 5) is 23.6. The first kappa shape index (κ1) is 20.0. The lowest BCUT2D eigenvalue weighted by Crippen LogP contribution is -2.27. The van der Waals surface area contributed by atoms with Gasteiger partial charge in [0, 0.05) is 23.2 Å². The van der Waals surface area contributed by atoms with Crippen molar-refractivity contribution in [3.63, 3.8) is 0 Å². The molecule has 1 aromatic carbocycles. The molecule has 1 aromatic rings. The van der Waals surface area contributed by atoms with E-state index in [2.05, 4.69) is 10.1 Å². The van der Waals surface area contributed by atoms with Gasteiger partial charge in [0.15, 0.2) is 0 Å². The molecule has 1 amide bonds. The molecular formula is C19H29NO4. The van der Waals surface area contributed by atoms with Crippen LogP contribution >= 0.6 is 0 Å². The first-order valence-electron chi connectivity index (χ1n) is 8.11. The summed E-state index contributed by atoms with van der Waals surface area (Å²) in [6.45, 7) is 12.2. The molecule has 2 N–H and O–H groups in total. The average molecular weight is 335 g/mol. The van der Waals surface area contributed by atoms with Crippen molar-refractivity contribution >= 4 is 11.9 Å². The zero-order valence-electron chi connectivity index (χ0n) is 15.7. The lowest BCUT2D eigenvalue weighted by molar-refractivity contribution is -0.140. The van der Waals surface area contributed by atoms with Crippen LogP contribution in [0.1, 0.15) is 69.4 Å². The molecule has 5 nitrogen and oxygen atoms in total. The Morgan fingerprint density at radius 2 is 1.50 bits per heavy atom. The number of carbonyl (C=O) groups is 2. The van der Waals surface area contributed by atoms with E-state index in [1.165, 1.54) is 7.11 Å². The Balaban J connectivity index is 3.19.